The van der Waals surface area contributed by atoms with Gasteiger partial charge < -0.3 is 14.7 Å². The lowest BCUT2D eigenvalue weighted by atomic mass is 9.53. The highest BCUT2D eigenvalue weighted by atomic mass is 32.1. The van der Waals surface area contributed by atoms with Gasteiger partial charge in [-0.25, -0.2) is 9.55 Å². The van der Waals surface area contributed by atoms with Gasteiger partial charge in [0.15, 0.2) is 5.13 Å². The zero-order chi connectivity index (χ0) is 28.8. The van der Waals surface area contributed by atoms with E-state index >= 15 is 0 Å². The van der Waals surface area contributed by atoms with Crippen LogP contribution in [0.4, 0.5) is 10.8 Å². The standard InChI is InChI=1S/C26H33N4O8PS/c1-14-13-27-25(40-14)28-22(31)9-4-15-12-21(29-37-3)26(2)11-10-17-16-7-8-20(38-39(34,35)36)24(30(32)33)19(16)6-5-18(17)23(15)26/h7-8,13,15,17-18,23H,4-6,9-12H2,1-3H3,(H,27,28,31)(H2,34,35,36)/b29-21+/t15?,17?,18?,23?,26-/m1/s1. The summed E-state index contributed by atoms with van der Waals surface area (Å²) in [4.78, 5) is 53.2. The number of nitro benzene ring substituents is 1. The third-order valence-corrected chi connectivity index (χ3v) is 10.2. The normalized spacial score (nSPS) is 28.4. The summed E-state index contributed by atoms with van der Waals surface area (Å²) in [6, 6.07) is 3.03. The monoisotopic (exact) mass is 592 g/mol. The first-order chi connectivity index (χ1) is 18.9. The van der Waals surface area contributed by atoms with E-state index in [-0.39, 0.29) is 40.7 Å². The molecule has 2 aromatic rings. The van der Waals surface area contributed by atoms with Crippen LogP contribution in [0.25, 0.3) is 0 Å². The number of amides is 1. The molecule has 5 atom stereocenters. The summed E-state index contributed by atoms with van der Waals surface area (Å²) >= 11 is 1.44. The first-order valence-corrected chi connectivity index (χ1v) is 15.6. The number of nitrogens with one attached hydrogen (secondary N) is 1. The first kappa shape index (κ1) is 28.7. The molecule has 1 amide bonds. The van der Waals surface area contributed by atoms with Crippen LogP contribution in [0.5, 0.6) is 5.75 Å². The number of nitrogens with zero attached hydrogens (tertiary/aromatic N) is 3. The fourth-order valence-corrected chi connectivity index (χ4v) is 8.62. The molecule has 2 fully saturated rings. The van der Waals surface area contributed by atoms with Crippen LogP contribution in [0.2, 0.25) is 0 Å². The summed E-state index contributed by atoms with van der Waals surface area (Å²) in [7, 11) is -3.42. The average Bonchev–Trinajstić information content (AvgIpc) is 3.41. The van der Waals surface area contributed by atoms with Crippen molar-refractivity contribution in [3.05, 3.63) is 44.4 Å². The summed E-state index contributed by atoms with van der Waals surface area (Å²) in [6.07, 6.45) is 6.15. The van der Waals surface area contributed by atoms with E-state index in [2.05, 4.69) is 22.4 Å². The molecule has 40 heavy (non-hydrogen) atoms. The molecule has 3 N–H and O–H groups in total. The highest BCUT2D eigenvalue weighted by Crippen LogP contribution is 2.63. The van der Waals surface area contributed by atoms with Crippen molar-refractivity contribution in [2.24, 2.45) is 28.3 Å². The Kier molecular flexibility index (Phi) is 7.77. The predicted octanol–water partition coefficient (Wildman–Crippen LogP) is 5.33. The number of carbonyl (C=O) groups is 1. The lowest BCUT2D eigenvalue weighted by Crippen LogP contribution is -2.44. The molecule has 4 unspecified atom stereocenters. The number of nitro groups is 1. The maximum atomic E-state index is 12.8. The number of phosphoric ester groups is 1. The van der Waals surface area contributed by atoms with Crippen LogP contribution in [0.1, 0.15) is 67.4 Å². The molecule has 1 heterocycles. The maximum absolute atomic E-state index is 12.8. The van der Waals surface area contributed by atoms with Gasteiger partial charge in [-0.2, -0.15) is 0 Å². The molecule has 3 aliphatic carbocycles. The number of thiazole rings is 1. The van der Waals surface area contributed by atoms with Gasteiger partial charge in [0.25, 0.3) is 0 Å². The molecule has 2 saturated carbocycles. The van der Waals surface area contributed by atoms with Crippen LogP contribution in [0.15, 0.2) is 23.5 Å². The van der Waals surface area contributed by atoms with E-state index in [1.165, 1.54) is 17.4 Å². The van der Waals surface area contributed by atoms with Gasteiger partial charge in [-0.3, -0.25) is 24.7 Å². The third-order valence-electron chi connectivity index (χ3n) is 8.93. The minimum absolute atomic E-state index is 0.0427. The van der Waals surface area contributed by atoms with Gasteiger partial charge in [-0.05, 0) is 80.8 Å². The Bertz CT molecular complexity index is 1410. The van der Waals surface area contributed by atoms with Crippen molar-refractivity contribution >= 4 is 41.6 Å². The molecule has 0 spiro atoms. The Morgan fingerprint density at radius 1 is 1.38 bits per heavy atom. The molecule has 0 bridgehead atoms. The molecule has 14 heteroatoms. The summed E-state index contributed by atoms with van der Waals surface area (Å²) in [6.45, 7) is 4.16. The fourth-order valence-electron chi connectivity index (χ4n) is 7.54. The highest BCUT2D eigenvalue weighted by molar-refractivity contribution is 7.46. The summed E-state index contributed by atoms with van der Waals surface area (Å²) in [5.74, 6) is 0.144. The molecule has 5 rings (SSSR count). The van der Waals surface area contributed by atoms with Crippen LogP contribution < -0.4 is 9.84 Å². The highest BCUT2D eigenvalue weighted by Gasteiger charge is 2.58. The SMILES string of the molecule is CO/N=C1\CC(CCC(=O)Nc2ncc(C)s2)C2C3CCc4c(ccc(OP(=O)(O)O)c4[N+](=O)[O-])C3CC[C@]12C. The molecule has 0 saturated heterocycles. The molecule has 0 aliphatic heterocycles. The van der Waals surface area contributed by atoms with Gasteiger partial charge in [0, 0.05) is 28.5 Å². The number of aryl methyl sites for hydroxylation is 1. The van der Waals surface area contributed by atoms with E-state index in [1.54, 1.807) is 19.4 Å². The number of hydrogen-bond acceptors (Lipinski definition) is 9. The number of hydrogen-bond donors (Lipinski definition) is 3. The Labute approximate surface area is 235 Å². The Morgan fingerprint density at radius 3 is 2.80 bits per heavy atom. The minimum atomic E-state index is -4.97. The van der Waals surface area contributed by atoms with Gasteiger partial charge >= 0.3 is 13.5 Å². The quantitative estimate of drug-likeness (QED) is 0.208. The molecular formula is C26H33N4O8PS. The fraction of sp³-hybridized carbons (Fsp3) is 0.577. The summed E-state index contributed by atoms with van der Waals surface area (Å²) in [5.41, 5.74) is 1.75. The Morgan fingerprint density at radius 2 is 2.15 bits per heavy atom. The second kappa shape index (κ2) is 10.8. The van der Waals surface area contributed by atoms with Crippen molar-refractivity contribution in [1.82, 2.24) is 4.98 Å². The predicted molar refractivity (Wildman–Crippen MR) is 148 cm³/mol. The van der Waals surface area contributed by atoms with Crippen LogP contribution in [-0.4, -0.2) is 38.4 Å². The topological polar surface area (TPSA) is 173 Å². The number of anilines is 1. The van der Waals surface area contributed by atoms with Crippen molar-refractivity contribution in [3.8, 4) is 5.75 Å². The van der Waals surface area contributed by atoms with Crippen molar-refractivity contribution < 1.29 is 33.4 Å². The molecule has 12 nitrogen and oxygen atoms in total. The lowest BCUT2D eigenvalue weighted by Gasteiger charge is -2.50. The minimum Gasteiger partial charge on any atom is -0.399 e. The summed E-state index contributed by atoms with van der Waals surface area (Å²) in [5, 5.41) is 19.9. The zero-order valence-electron chi connectivity index (χ0n) is 22.5. The number of fused-ring (bicyclic) bond motifs is 5. The van der Waals surface area contributed by atoms with E-state index in [4.69, 9.17) is 9.36 Å². The molecule has 0 radical (unpaired) electrons. The van der Waals surface area contributed by atoms with Crippen molar-refractivity contribution in [2.45, 2.75) is 64.7 Å². The van der Waals surface area contributed by atoms with Crippen LogP contribution in [0, 0.1) is 40.2 Å². The number of carbonyl (C=O) groups excluding carboxylic acids is 1. The van der Waals surface area contributed by atoms with Crippen LogP contribution in [0.3, 0.4) is 0 Å². The maximum Gasteiger partial charge on any atom is 0.525 e. The largest absolute Gasteiger partial charge is 0.525 e. The Balaban J connectivity index is 1.43. The molecule has 3 aliphatic rings. The van der Waals surface area contributed by atoms with E-state index < -0.39 is 18.5 Å². The lowest BCUT2D eigenvalue weighted by molar-refractivity contribution is -0.386. The van der Waals surface area contributed by atoms with E-state index in [9.17, 15) is 29.3 Å². The number of rotatable bonds is 8. The van der Waals surface area contributed by atoms with E-state index in [0.29, 0.717) is 36.4 Å². The number of benzene rings is 1. The van der Waals surface area contributed by atoms with Gasteiger partial charge in [0.1, 0.15) is 7.11 Å². The van der Waals surface area contributed by atoms with Gasteiger partial charge in [0.05, 0.1) is 10.6 Å². The van der Waals surface area contributed by atoms with Crippen molar-refractivity contribution in [1.29, 1.82) is 0 Å². The Hall–Kier alpha value is -2.86. The summed E-state index contributed by atoms with van der Waals surface area (Å²) < 4.78 is 16.2. The van der Waals surface area contributed by atoms with Gasteiger partial charge in [-0.15, -0.1) is 11.3 Å². The van der Waals surface area contributed by atoms with Gasteiger partial charge in [0.2, 0.25) is 11.7 Å². The van der Waals surface area contributed by atoms with Crippen molar-refractivity contribution in [3.63, 3.8) is 0 Å². The average molecular weight is 593 g/mol. The van der Waals surface area contributed by atoms with Gasteiger partial charge in [-0.1, -0.05) is 18.1 Å². The van der Waals surface area contributed by atoms with Crippen LogP contribution in [-0.2, 0) is 20.6 Å². The molecule has 216 valence electrons. The molecule has 1 aromatic carbocycles. The third kappa shape index (κ3) is 5.39. The second-order valence-electron chi connectivity index (χ2n) is 11.2. The smallest absolute Gasteiger partial charge is 0.399 e. The van der Waals surface area contributed by atoms with E-state index in [1.807, 2.05) is 6.92 Å². The van der Waals surface area contributed by atoms with Crippen molar-refractivity contribution in [2.75, 3.05) is 12.4 Å². The second-order valence-corrected chi connectivity index (χ2v) is 13.6. The van der Waals surface area contributed by atoms with E-state index in [0.717, 1.165) is 35.4 Å². The number of oxime groups is 1. The molecular weight excluding hydrogens is 559 g/mol. The first-order valence-electron chi connectivity index (χ1n) is 13.3. The zero-order valence-corrected chi connectivity index (χ0v) is 24.2. The molecule has 1 aromatic heterocycles. The number of aromatic nitrogens is 1. The van der Waals surface area contributed by atoms with Crippen LogP contribution >= 0.6 is 19.2 Å². The number of phosphoric acid groups is 1.